The lowest BCUT2D eigenvalue weighted by atomic mass is 9.93. The lowest BCUT2D eigenvalue weighted by Gasteiger charge is -2.30. The molecule has 0 aromatic carbocycles. The highest BCUT2D eigenvalue weighted by Crippen LogP contribution is 2.21. The summed E-state index contributed by atoms with van der Waals surface area (Å²) in [6.07, 6.45) is 7.76. The topological polar surface area (TPSA) is 46.6 Å². The number of nitrogens with two attached hydrogens (primary N) is 1. The standard InChI is InChI=1S/C16H24N4/c1-2-19-6-3-13(4-7-19)10-16-18-12-15-9-14(11-17)5-8-20(15)16/h5,8-9,12-13H,2-4,6-7,10-11,17H2,1H3. The fraction of sp³-hybridized carbons (Fsp3) is 0.562. The Hall–Kier alpha value is -1.39. The van der Waals surface area contributed by atoms with Crippen LogP contribution in [-0.2, 0) is 13.0 Å². The Morgan fingerprint density at radius 3 is 2.85 bits per heavy atom. The van der Waals surface area contributed by atoms with Crippen LogP contribution in [0.3, 0.4) is 0 Å². The zero-order valence-corrected chi connectivity index (χ0v) is 12.3. The van der Waals surface area contributed by atoms with Crippen LogP contribution in [-0.4, -0.2) is 33.9 Å². The molecule has 3 heterocycles. The smallest absolute Gasteiger partial charge is 0.113 e. The maximum absolute atomic E-state index is 5.69. The molecule has 0 unspecified atom stereocenters. The van der Waals surface area contributed by atoms with E-state index in [-0.39, 0.29) is 0 Å². The molecule has 0 radical (unpaired) electrons. The molecular formula is C16H24N4. The summed E-state index contributed by atoms with van der Waals surface area (Å²) in [4.78, 5) is 7.15. The van der Waals surface area contributed by atoms with Gasteiger partial charge in [-0.3, -0.25) is 0 Å². The monoisotopic (exact) mass is 272 g/mol. The van der Waals surface area contributed by atoms with Gasteiger partial charge in [0.05, 0.1) is 11.7 Å². The molecule has 4 heteroatoms. The molecule has 2 aromatic heterocycles. The minimum absolute atomic E-state index is 0.590. The second kappa shape index (κ2) is 5.94. The van der Waals surface area contributed by atoms with Gasteiger partial charge < -0.3 is 15.0 Å². The number of fused-ring (bicyclic) bond motifs is 1. The lowest BCUT2D eigenvalue weighted by Crippen LogP contribution is -2.34. The molecule has 0 bridgehead atoms. The van der Waals surface area contributed by atoms with Crippen LogP contribution in [0.25, 0.3) is 5.52 Å². The number of pyridine rings is 1. The SMILES string of the molecule is CCN1CCC(Cc2ncc3cc(CN)ccn23)CC1. The summed E-state index contributed by atoms with van der Waals surface area (Å²) in [5.41, 5.74) is 8.02. The first-order chi connectivity index (χ1) is 9.80. The van der Waals surface area contributed by atoms with Crippen LogP contribution in [0.5, 0.6) is 0 Å². The van der Waals surface area contributed by atoms with Gasteiger partial charge in [0.2, 0.25) is 0 Å². The molecule has 1 aliphatic rings. The number of aromatic nitrogens is 2. The quantitative estimate of drug-likeness (QED) is 0.927. The Morgan fingerprint density at radius 2 is 2.15 bits per heavy atom. The van der Waals surface area contributed by atoms with Crippen molar-refractivity contribution in [3.8, 4) is 0 Å². The van der Waals surface area contributed by atoms with E-state index >= 15 is 0 Å². The lowest BCUT2D eigenvalue weighted by molar-refractivity contribution is 0.191. The third-order valence-corrected chi connectivity index (χ3v) is 4.53. The van der Waals surface area contributed by atoms with E-state index in [4.69, 9.17) is 5.73 Å². The van der Waals surface area contributed by atoms with Crippen molar-refractivity contribution >= 4 is 5.52 Å². The number of likely N-dealkylation sites (tertiary alicyclic amines) is 1. The molecule has 1 aliphatic heterocycles. The highest BCUT2D eigenvalue weighted by atomic mass is 15.1. The Labute approximate surface area is 120 Å². The molecule has 4 nitrogen and oxygen atoms in total. The first-order valence-electron chi connectivity index (χ1n) is 7.67. The molecule has 0 atom stereocenters. The fourth-order valence-corrected chi connectivity index (χ4v) is 3.14. The van der Waals surface area contributed by atoms with Crippen molar-refractivity contribution < 1.29 is 0 Å². The van der Waals surface area contributed by atoms with E-state index in [1.165, 1.54) is 43.9 Å². The van der Waals surface area contributed by atoms with E-state index in [0.717, 1.165) is 17.9 Å². The summed E-state index contributed by atoms with van der Waals surface area (Å²) in [5.74, 6) is 1.97. The van der Waals surface area contributed by atoms with Gasteiger partial charge in [0.1, 0.15) is 5.82 Å². The van der Waals surface area contributed by atoms with Crippen molar-refractivity contribution in [2.24, 2.45) is 11.7 Å². The molecule has 3 rings (SSSR count). The van der Waals surface area contributed by atoms with Crippen molar-refractivity contribution in [3.05, 3.63) is 35.9 Å². The second-order valence-corrected chi connectivity index (χ2v) is 5.79. The summed E-state index contributed by atoms with van der Waals surface area (Å²) < 4.78 is 2.21. The number of imidazole rings is 1. The van der Waals surface area contributed by atoms with Gasteiger partial charge in [-0.05, 0) is 56.1 Å². The third-order valence-electron chi connectivity index (χ3n) is 4.53. The molecule has 0 spiro atoms. The molecule has 0 aliphatic carbocycles. The van der Waals surface area contributed by atoms with Gasteiger partial charge in [-0.1, -0.05) is 6.92 Å². The summed E-state index contributed by atoms with van der Waals surface area (Å²) >= 11 is 0. The van der Waals surface area contributed by atoms with Crippen LogP contribution in [0.15, 0.2) is 24.5 Å². The normalized spacial score (nSPS) is 17.9. The Bertz CT molecular complexity index is 567. The van der Waals surface area contributed by atoms with Gasteiger partial charge in [0.15, 0.2) is 0 Å². The highest BCUT2D eigenvalue weighted by Gasteiger charge is 2.19. The van der Waals surface area contributed by atoms with E-state index in [9.17, 15) is 0 Å². The van der Waals surface area contributed by atoms with E-state index < -0.39 is 0 Å². The number of hydrogen-bond acceptors (Lipinski definition) is 3. The maximum atomic E-state index is 5.69. The van der Waals surface area contributed by atoms with Gasteiger partial charge in [0, 0.05) is 19.2 Å². The van der Waals surface area contributed by atoms with Crippen molar-refractivity contribution in [1.82, 2.24) is 14.3 Å². The van der Waals surface area contributed by atoms with Gasteiger partial charge in [-0.15, -0.1) is 0 Å². The molecule has 1 saturated heterocycles. The van der Waals surface area contributed by atoms with Crippen molar-refractivity contribution in [2.75, 3.05) is 19.6 Å². The van der Waals surface area contributed by atoms with Crippen LogP contribution in [0.1, 0.15) is 31.2 Å². The summed E-state index contributed by atoms with van der Waals surface area (Å²) in [7, 11) is 0. The molecule has 108 valence electrons. The second-order valence-electron chi connectivity index (χ2n) is 5.79. The Kier molecular flexibility index (Phi) is 4.03. The largest absolute Gasteiger partial charge is 0.326 e. The Balaban J connectivity index is 1.72. The molecular weight excluding hydrogens is 248 g/mol. The third kappa shape index (κ3) is 2.72. The van der Waals surface area contributed by atoms with Crippen LogP contribution < -0.4 is 5.73 Å². The van der Waals surface area contributed by atoms with E-state index in [1.807, 2.05) is 6.20 Å². The van der Waals surface area contributed by atoms with Gasteiger partial charge in [-0.2, -0.15) is 0 Å². The molecule has 20 heavy (non-hydrogen) atoms. The number of hydrogen-bond donors (Lipinski definition) is 1. The summed E-state index contributed by atoms with van der Waals surface area (Å²) in [6, 6.07) is 4.23. The molecule has 2 N–H and O–H groups in total. The van der Waals surface area contributed by atoms with Crippen LogP contribution in [0.4, 0.5) is 0 Å². The first-order valence-corrected chi connectivity index (χ1v) is 7.67. The van der Waals surface area contributed by atoms with E-state index in [2.05, 4.69) is 39.5 Å². The average Bonchev–Trinajstić information content (AvgIpc) is 2.90. The minimum Gasteiger partial charge on any atom is -0.326 e. The molecule has 2 aromatic rings. The van der Waals surface area contributed by atoms with Crippen molar-refractivity contribution in [2.45, 2.75) is 32.7 Å². The zero-order valence-electron chi connectivity index (χ0n) is 12.3. The van der Waals surface area contributed by atoms with Crippen molar-refractivity contribution in [3.63, 3.8) is 0 Å². The van der Waals surface area contributed by atoms with E-state index in [1.54, 1.807) is 0 Å². The van der Waals surface area contributed by atoms with E-state index in [0.29, 0.717) is 6.54 Å². The molecule has 1 fully saturated rings. The van der Waals surface area contributed by atoms with Gasteiger partial charge in [-0.25, -0.2) is 4.98 Å². The van der Waals surface area contributed by atoms with Crippen LogP contribution in [0.2, 0.25) is 0 Å². The number of piperidine rings is 1. The molecule has 0 saturated carbocycles. The number of nitrogens with zero attached hydrogens (tertiary/aromatic N) is 3. The molecule has 0 amide bonds. The zero-order chi connectivity index (χ0) is 13.9. The van der Waals surface area contributed by atoms with Crippen LogP contribution >= 0.6 is 0 Å². The fourth-order valence-electron chi connectivity index (χ4n) is 3.14. The first kappa shape index (κ1) is 13.6. The van der Waals surface area contributed by atoms with Gasteiger partial charge >= 0.3 is 0 Å². The predicted octanol–water partition coefficient (Wildman–Crippen LogP) is 2.07. The summed E-state index contributed by atoms with van der Waals surface area (Å²) in [6.45, 7) is 6.49. The van der Waals surface area contributed by atoms with Gasteiger partial charge in [0.25, 0.3) is 0 Å². The van der Waals surface area contributed by atoms with Crippen molar-refractivity contribution in [1.29, 1.82) is 0 Å². The van der Waals surface area contributed by atoms with Crippen LogP contribution in [0, 0.1) is 5.92 Å². The Morgan fingerprint density at radius 1 is 1.35 bits per heavy atom. The minimum atomic E-state index is 0.590. The maximum Gasteiger partial charge on any atom is 0.113 e. The summed E-state index contributed by atoms with van der Waals surface area (Å²) in [5, 5.41) is 0. The number of rotatable bonds is 4. The average molecular weight is 272 g/mol. The predicted molar refractivity (Wildman–Crippen MR) is 81.6 cm³/mol. The highest BCUT2D eigenvalue weighted by molar-refractivity contribution is 5.48.